The minimum Gasteiger partial charge on any atom is -0.481 e. The number of carboxylic acids is 1. The van der Waals surface area contributed by atoms with Crippen LogP contribution in [0, 0.1) is 0 Å². The Morgan fingerprint density at radius 3 is 2.33 bits per heavy atom. The minimum absolute atomic E-state index is 0.0842. The molecule has 2 heterocycles. The first-order valence-electron chi connectivity index (χ1n) is 7.67. The molecular formula is C14H25N3O4. The Hall–Kier alpha value is -1.18. The summed E-state index contributed by atoms with van der Waals surface area (Å²) in [6.07, 6.45) is 1.98. The third-order valence-corrected chi connectivity index (χ3v) is 4.06. The molecule has 0 atom stereocenters. The van der Waals surface area contributed by atoms with Gasteiger partial charge in [0.25, 0.3) is 0 Å². The van der Waals surface area contributed by atoms with E-state index in [1.54, 1.807) is 0 Å². The third-order valence-electron chi connectivity index (χ3n) is 4.06. The Morgan fingerprint density at radius 1 is 1.10 bits per heavy atom. The monoisotopic (exact) mass is 299 g/mol. The lowest BCUT2D eigenvalue weighted by Crippen LogP contribution is -2.51. The molecule has 7 heteroatoms. The van der Waals surface area contributed by atoms with Crippen LogP contribution in [0.3, 0.4) is 0 Å². The number of carboxylic acid groups (broad SMARTS) is 1. The van der Waals surface area contributed by atoms with E-state index in [1.807, 2.05) is 0 Å². The van der Waals surface area contributed by atoms with Gasteiger partial charge in [-0.05, 0) is 12.8 Å². The summed E-state index contributed by atoms with van der Waals surface area (Å²) in [6.45, 7) is 5.79. The molecule has 0 aliphatic carbocycles. The first-order chi connectivity index (χ1) is 10.1. The number of ether oxygens (including phenoxy) is 1. The summed E-state index contributed by atoms with van der Waals surface area (Å²) in [6, 6.07) is 0.253. The molecule has 0 radical (unpaired) electrons. The topological polar surface area (TPSA) is 82.1 Å². The lowest BCUT2D eigenvalue weighted by atomic mass is 10.1. The second-order valence-corrected chi connectivity index (χ2v) is 5.72. The Bertz CT molecular complexity index is 350. The van der Waals surface area contributed by atoms with Crippen LogP contribution in [0.25, 0.3) is 0 Å². The van der Waals surface area contributed by atoms with Gasteiger partial charge in [-0.1, -0.05) is 0 Å². The van der Waals surface area contributed by atoms with Crippen molar-refractivity contribution in [2.75, 3.05) is 52.5 Å². The van der Waals surface area contributed by atoms with Gasteiger partial charge in [-0.3, -0.25) is 14.5 Å². The number of hydrogen-bond donors (Lipinski definition) is 2. The van der Waals surface area contributed by atoms with Crippen molar-refractivity contribution in [3.8, 4) is 0 Å². The summed E-state index contributed by atoms with van der Waals surface area (Å²) in [7, 11) is 0. The van der Waals surface area contributed by atoms with Gasteiger partial charge in [-0.25, -0.2) is 0 Å². The molecule has 2 aliphatic rings. The lowest BCUT2D eigenvalue weighted by molar-refractivity contribution is -0.137. The van der Waals surface area contributed by atoms with Crippen LogP contribution < -0.4 is 5.32 Å². The van der Waals surface area contributed by atoms with Gasteiger partial charge < -0.3 is 20.1 Å². The van der Waals surface area contributed by atoms with Gasteiger partial charge in [0.2, 0.25) is 5.91 Å². The standard InChI is InChI=1S/C14H25N3O4/c18-13(15-12-2-9-21-10-3-12)11-17-7-5-16(6-8-17)4-1-14(19)20/h12H,1-11H2,(H,15,18)(H,19,20). The van der Waals surface area contributed by atoms with E-state index in [9.17, 15) is 9.59 Å². The van der Waals surface area contributed by atoms with Crippen LogP contribution >= 0.6 is 0 Å². The summed E-state index contributed by atoms with van der Waals surface area (Å²) < 4.78 is 5.27. The average Bonchev–Trinajstić information content (AvgIpc) is 2.47. The number of carbonyl (C=O) groups is 2. The number of nitrogens with one attached hydrogen (secondary N) is 1. The normalized spacial score (nSPS) is 22.1. The van der Waals surface area contributed by atoms with E-state index in [-0.39, 0.29) is 18.4 Å². The Labute approximate surface area is 125 Å². The summed E-state index contributed by atoms with van der Waals surface area (Å²) in [5.74, 6) is -0.672. The van der Waals surface area contributed by atoms with Crippen molar-refractivity contribution in [1.82, 2.24) is 15.1 Å². The molecule has 0 aromatic carbocycles. The molecule has 0 aromatic rings. The van der Waals surface area contributed by atoms with E-state index in [0.29, 0.717) is 13.1 Å². The molecular weight excluding hydrogens is 274 g/mol. The van der Waals surface area contributed by atoms with Crippen molar-refractivity contribution in [1.29, 1.82) is 0 Å². The third kappa shape index (κ3) is 5.99. The Kier molecular flexibility index (Phi) is 6.41. The second kappa shape index (κ2) is 8.31. The van der Waals surface area contributed by atoms with Crippen LogP contribution in [0.15, 0.2) is 0 Å². The van der Waals surface area contributed by atoms with Crippen LogP contribution in [0.5, 0.6) is 0 Å². The van der Waals surface area contributed by atoms with Gasteiger partial charge in [0, 0.05) is 52.0 Å². The van der Waals surface area contributed by atoms with Gasteiger partial charge in [-0.2, -0.15) is 0 Å². The van der Waals surface area contributed by atoms with Crippen molar-refractivity contribution < 1.29 is 19.4 Å². The predicted octanol–water partition coefficient (Wildman–Crippen LogP) is -0.626. The first kappa shape index (κ1) is 16.2. The van der Waals surface area contributed by atoms with Crippen molar-refractivity contribution >= 4 is 11.9 Å². The fourth-order valence-electron chi connectivity index (χ4n) is 2.74. The maximum Gasteiger partial charge on any atom is 0.304 e. The van der Waals surface area contributed by atoms with Crippen molar-refractivity contribution in [3.05, 3.63) is 0 Å². The number of aliphatic carboxylic acids is 1. The SMILES string of the molecule is O=C(O)CCN1CCN(CC(=O)NC2CCOCC2)CC1. The highest BCUT2D eigenvalue weighted by molar-refractivity contribution is 5.78. The molecule has 1 amide bonds. The Balaban J connectivity index is 1.61. The number of amides is 1. The van der Waals surface area contributed by atoms with Crippen molar-refractivity contribution in [2.45, 2.75) is 25.3 Å². The average molecular weight is 299 g/mol. The molecule has 2 saturated heterocycles. The van der Waals surface area contributed by atoms with Crippen LogP contribution in [-0.2, 0) is 14.3 Å². The maximum absolute atomic E-state index is 12.0. The zero-order valence-electron chi connectivity index (χ0n) is 12.4. The minimum atomic E-state index is -0.756. The van der Waals surface area contributed by atoms with E-state index >= 15 is 0 Å². The van der Waals surface area contributed by atoms with Gasteiger partial charge >= 0.3 is 5.97 Å². The molecule has 0 unspecified atom stereocenters. The molecule has 7 nitrogen and oxygen atoms in total. The molecule has 0 saturated carbocycles. The molecule has 120 valence electrons. The van der Waals surface area contributed by atoms with Crippen LogP contribution in [0.4, 0.5) is 0 Å². The maximum atomic E-state index is 12.0. The summed E-state index contributed by atoms with van der Waals surface area (Å²) in [4.78, 5) is 26.8. The molecule has 2 N–H and O–H groups in total. The largest absolute Gasteiger partial charge is 0.481 e. The van der Waals surface area contributed by atoms with Gasteiger partial charge in [0.1, 0.15) is 0 Å². The van der Waals surface area contributed by atoms with Crippen molar-refractivity contribution in [3.63, 3.8) is 0 Å². The number of carbonyl (C=O) groups excluding carboxylic acids is 1. The molecule has 2 aliphatic heterocycles. The van der Waals surface area contributed by atoms with Gasteiger partial charge in [-0.15, -0.1) is 0 Å². The molecule has 0 bridgehead atoms. The summed E-state index contributed by atoms with van der Waals surface area (Å²) >= 11 is 0. The van der Waals surface area contributed by atoms with Crippen LogP contribution in [0.2, 0.25) is 0 Å². The molecule has 0 aromatic heterocycles. The van der Waals surface area contributed by atoms with Gasteiger partial charge in [0.05, 0.1) is 13.0 Å². The number of piperazine rings is 1. The number of rotatable bonds is 6. The molecule has 0 spiro atoms. The fraction of sp³-hybridized carbons (Fsp3) is 0.857. The van der Waals surface area contributed by atoms with Crippen LogP contribution in [0.1, 0.15) is 19.3 Å². The molecule has 2 rings (SSSR count). The fourth-order valence-corrected chi connectivity index (χ4v) is 2.74. The van der Waals surface area contributed by atoms with E-state index in [0.717, 1.165) is 52.2 Å². The summed E-state index contributed by atoms with van der Waals surface area (Å²) in [5, 5.41) is 11.7. The highest BCUT2D eigenvalue weighted by atomic mass is 16.5. The highest BCUT2D eigenvalue weighted by Crippen LogP contribution is 2.07. The quantitative estimate of drug-likeness (QED) is 0.680. The summed E-state index contributed by atoms with van der Waals surface area (Å²) in [5.41, 5.74) is 0. The van der Waals surface area contributed by atoms with Crippen LogP contribution in [-0.4, -0.2) is 85.3 Å². The van der Waals surface area contributed by atoms with E-state index in [2.05, 4.69) is 15.1 Å². The lowest BCUT2D eigenvalue weighted by Gasteiger charge is -2.34. The highest BCUT2D eigenvalue weighted by Gasteiger charge is 2.21. The van der Waals surface area contributed by atoms with Gasteiger partial charge in [0.15, 0.2) is 0 Å². The second-order valence-electron chi connectivity index (χ2n) is 5.72. The first-order valence-corrected chi connectivity index (χ1v) is 7.67. The Morgan fingerprint density at radius 2 is 1.71 bits per heavy atom. The van der Waals surface area contributed by atoms with E-state index < -0.39 is 5.97 Å². The zero-order valence-corrected chi connectivity index (χ0v) is 12.4. The smallest absolute Gasteiger partial charge is 0.304 e. The van der Waals surface area contributed by atoms with E-state index in [4.69, 9.17) is 9.84 Å². The zero-order chi connectivity index (χ0) is 15.1. The van der Waals surface area contributed by atoms with Crippen molar-refractivity contribution in [2.24, 2.45) is 0 Å². The number of nitrogens with zero attached hydrogens (tertiary/aromatic N) is 2. The molecule has 21 heavy (non-hydrogen) atoms. The molecule has 2 fully saturated rings. The van der Waals surface area contributed by atoms with E-state index in [1.165, 1.54) is 0 Å². The number of hydrogen-bond acceptors (Lipinski definition) is 5. The predicted molar refractivity (Wildman–Crippen MR) is 77.1 cm³/mol.